The second-order valence-electron chi connectivity index (χ2n) is 3.57. The molecule has 2 aromatic rings. The molecule has 1 amide bonds. The van der Waals surface area contributed by atoms with Gasteiger partial charge in [0.1, 0.15) is 5.82 Å². The Balaban J connectivity index is 2.67. The number of carbonyl (C=O) groups is 1. The fourth-order valence-electron chi connectivity index (χ4n) is 1.77. The number of imidazole rings is 1. The van der Waals surface area contributed by atoms with Gasteiger partial charge >= 0.3 is 0 Å². The van der Waals surface area contributed by atoms with Crippen molar-refractivity contribution in [1.82, 2.24) is 9.55 Å². The number of nitrogens with two attached hydrogens (primary N) is 1. The van der Waals surface area contributed by atoms with Gasteiger partial charge in [-0.2, -0.15) is 0 Å². The van der Waals surface area contributed by atoms with E-state index < -0.39 is 5.91 Å². The lowest BCUT2D eigenvalue weighted by Gasteiger charge is -2.11. The van der Waals surface area contributed by atoms with Gasteiger partial charge in [-0.25, -0.2) is 4.98 Å². The van der Waals surface area contributed by atoms with Crippen LogP contribution < -0.4 is 5.73 Å². The molecule has 0 atom stereocenters. The average molecular weight is 294 g/mol. The van der Waals surface area contributed by atoms with E-state index in [1.807, 2.05) is 29.8 Å². The molecule has 0 aliphatic carbocycles. The van der Waals surface area contributed by atoms with Crippen molar-refractivity contribution in [1.29, 1.82) is 0 Å². The highest BCUT2D eigenvalue weighted by Crippen LogP contribution is 2.24. The molecule has 2 rings (SSSR count). The summed E-state index contributed by atoms with van der Waals surface area (Å²) in [5, 5.41) is 0. The van der Waals surface area contributed by atoms with E-state index in [1.165, 1.54) is 0 Å². The maximum absolute atomic E-state index is 11.5. The van der Waals surface area contributed by atoms with Crippen molar-refractivity contribution in [3.63, 3.8) is 0 Å². The summed E-state index contributed by atoms with van der Waals surface area (Å²) in [5.41, 5.74) is 6.63. The van der Waals surface area contributed by atoms with Gasteiger partial charge in [0, 0.05) is 23.3 Å². The Labute approximate surface area is 108 Å². The zero-order chi connectivity index (χ0) is 12.4. The van der Waals surface area contributed by atoms with E-state index in [9.17, 15) is 4.79 Å². The average Bonchev–Trinajstić information content (AvgIpc) is 2.75. The first kappa shape index (κ1) is 11.9. The molecule has 1 aromatic carbocycles. The summed E-state index contributed by atoms with van der Waals surface area (Å²) < 4.78 is 2.57. The molecule has 0 fully saturated rings. The van der Waals surface area contributed by atoms with Gasteiger partial charge in [0.05, 0.1) is 11.3 Å². The number of aromatic nitrogens is 2. The smallest absolute Gasteiger partial charge is 0.251 e. The molecule has 2 N–H and O–H groups in total. The number of carbonyl (C=O) groups excluding carboxylic acids is 1. The minimum atomic E-state index is -0.455. The largest absolute Gasteiger partial charge is 0.365 e. The third-order valence-corrected chi connectivity index (χ3v) is 3.19. The van der Waals surface area contributed by atoms with E-state index >= 15 is 0 Å². The second-order valence-corrected chi connectivity index (χ2v) is 4.42. The highest BCUT2D eigenvalue weighted by molar-refractivity contribution is 9.10. The molecule has 0 saturated carbocycles. The van der Waals surface area contributed by atoms with Crippen LogP contribution in [0.4, 0.5) is 0 Å². The Hall–Kier alpha value is -1.62. The van der Waals surface area contributed by atoms with E-state index in [0.29, 0.717) is 10.0 Å². The van der Waals surface area contributed by atoms with Crippen molar-refractivity contribution in [2.24, 2.45) is 5.73 Å². The van der Waals surface area contributed by atoms with Crippen molar-refractivity contribution < 1.29 is 4.79 Å². The number of primary amides is 1. The number of benzene rings is 1. The third-order valence-electron chi connectivity index (χ3n) is 2.53. The molecule has 4 nitrogen and oxygen atoms in total. The lowest BCUT2D eigenvalue weighted by atomic mass is 10.1. The van der Waals surface area contributed by atoms with Gasteiger partial charge in [-0.15, -0.1) is 0 Å². The van der Waals surface area contributed by atoms with Gasteiger partial charge < -0.3 is 10.3 Å². The van der Waals surface area contributed by atoms with Crippen LogP contribution in [0.2, 0.25) is 0 Å². The summed E-state index contributed by atoms with van der Waals surface area (Å²) >= 11 is 3.35. The number of aryl methyl sites for hydroxylation is 1. The lowest BCUT2D eigenvalue weighted by Crippen LogP contribution is -2.16. The Morgan fingerprint density at radius 2 is 2.29 bits per heavy atom. The predicted octanol–water partition coefficient (Wildman–Crippen LogP) is 2.30. The Morgan fingerprint density at radius 3 is 2.94 bits per heavy atom. The predicted molar refractivity (Wildman–Crippen MR) is 69.2 cm³/mol. The molecule has 0 aliphatic rings. The van der Waals surface area contributed by atoms with Crippen molar-refractivity contribution in [3.05, 3.63) is 46.5 Å². The van der Waals surface area contributed by atoms with Gasteiger partial charge in [-0.3, -0.25) is 4.79 Å². The minimum absolute atomic E-state index is 0.455. The molecule has 0 saturated heterocycles. The van der Waals surface area contributed by atoms with Crippen LogP contribution in [0, 0.1) is 0 Å². The fourth-order valence-corrected chi connectivity index (χ4v) is 2.32. The van der Waals surface area contributed by atoms with Crippen LogP contribution in [0.25, 0.3) is 5.69 Å². The summed E-state index contributed by atoms with van der Waals surface area (Å²) in [5.74, 6) is 0.439. The van der Waals surface area contributed by atoms with E-state index in [0.717, 1.165) is 17.9 Å². The highest BCUT2D eigenvalue weighted by Gasteiger charge is 2.15. The first-order valence-corrected chi connectivity index (χ1v) is 6.05. The Kier molecular flexibility index (Phi) is 3.28. The SMILES string of the molecule is CCc1nccn1-c1cccc(Br)c1C(N)=O. The summed E-state index contributed by atoms with van der Waals surface area (Å²) in [6, 6.07) is 5.52. The van der Waals surface area contributed by atoms with Crippen LogP contribution in [0.5, 0.6) is 0 Å². The molecule has 17 heavy (non-hydrogen) atoms. The van der Waals surface area contributed by atoms with Crippen molar-refractivity contribution in [2.45, 2.75) is 13.3 Å². The first-order valence-electron chi connectivity index (χ1n) is 5.26. The third kappa shape index (κ3) is 2.10. The minimum Gasteiger partial charge on any atom is -0.365 e. The van der Waals surface area contributed by atoms with Crippen LogP contribution in [0.1, 0.15) is 23.1 Å². The summed E-state index contributed by atoms with van der Waals surface area (Å²) in [4.78, 5) is 15.7. The molecular formula is C12H12BrN3O. The molecular weight excluding hydrogens is 282 g/mol. The Morgan fingerprint density at radius 1 is 1.53 bits per heavy atom. The van der Waals surface area contributed by atoms with Crippen LogP contribution >= 0.6 is 15.9 Å². The van der Waals surface area contributed by atoms with Crippen LogP contribution in [0.3, 0.4) is 0 Å². The monoisotopic (exact) mass is 293 g/mol. The molecule has 1 aromatic heterocycles. The first-order chi connectivity index (χ1) is 8.15. The molecule has 0 bridgehead atoms. The molecule has 5 heteroatoms. The van der Waals surface area contributed by atoms with Gasteiger partial charge in [0.25, 0.3) is 5.91 Å². The fraction of sp³-hybridized carbons (Fsp3) is 0.167. The summed E-state index contributed by atoms with van der Waals surface area (Å²) in [7, 11) is 0. The molecule has 0 aliphatic heterocycles. The van der Waals surface area contributed by atoms with Crippen LogP contribution in [-0.4, -0.2) is 15.5 Å². The van der Waals surface area contributed by atoms with E-state index in [2.05, 4.69) is 20.9 Å². The van der Waals surface area contributed by atoms with Crippen LogP contribution in [-0.2, 0) is 6.42 Å². The maximum atomic E-state index is 11.5. The maximum Gasteiger partial charge on any atom is 0.251 e. The van der Waals surface area contributed by atoms with E-state index in [1.54, 1.807) is 12.3 Å². The molecule has 0 unspecified atom stereocenters. The summed E-state index contributed by atoms with van der Waals surface area (Å²) in [6.07, 6.45) is 4.33. The number of amides is 1. The molecule has 0 spiro atoms. The van der Waals surface area contributed by atoms with Gasteiger partial charge in [-0.1, -0.05) is 13.0 Å². The number of nitrogens with zero attached hydrogens (tertiary/aromatic N) is 2. The van der Waals surface area contributed by atoms with E-state index in [4.69, 9.17) is 5.73 Å². The van der Waals surface area contributed by atoms with E-state index in [-0.39, 0.29) is 0 Å². The van der Waals surface area contributed by atoms with Crippen molar-refractivity contribution >= 4 is 21.8 Å². The topological polar surface area (TPSA) is 60.9 Å². The van der Waals surface area contributed by atoms with Gasteiger partial charge in [0.2, 0.25) is 0 Å². The number of hydrogen-bond donors (Lipinski definition) is 1. The van der Waals surface area contributed by atoms with Crippen molar-refractivity contribution in [3.8, 4) is 5.69 Å². The zero-order valence-corrected chi connectivity index (χ0v) is 10.9. The highest BCUT2D eigenvalue weighted by atomic mass is 79.9. The van der Waals surface area contributed by atoms with Crippen molar-refractivity contribution in [2.75, 3.05) is 0 Å². The zero-order valence-electron chi connectivity index (χ0n) is 9.35. The number of halogens is 1. The van der Waals surface area contributed by atoms with Gasteiger partial charge in [-0.05, 0) is 28.1 Å². The normalized spacial score (nSPS) is 10.5. The standard InChI is InChI=1S/C12H12BrN3O/c1-2-10-15-6-7-16(10)9-5-3-4-8(13)11(9)12(14)17/h3-7H,2H2,1H3,(H2,14,17). The van der Waals surface area contributed by atoms with Crippen LogP contribution in [0.15, 0.2) is 35.1 Å². The molecule has 88 valence electrons. The second kappa shape index (κ2) is 4.71. The quantitative estimate of drug-likeness (QED) is 0.944. The summed E-state index contributed by atoms with van der Waals surface area (Å²) in [6.45, 7) is 2.01. The van der Waals surface area contributed by atoms with Gasteiger partial charge in [0.15, 0.2) is 0 Å². The number of hydrogen-bond acceptors (Lipinski definition) is 2. The number of rotatable bonds is 3. The molecule has 0 radical (unpaired) electrons. The Bertz CT molecular complexity index is 563. The molecule has 1 heterocycles. The lowest BCUT2D eigenvalue weighted by molar-refractivity contribution is 0.0999.